The maximum atomic E-state index is 13.2. The van der Waals surface area contributed by atoms with E-state index in [1.54, 1.807) is 12.3 Å². The van der Waals surface area contributed by atoms with Crippen molar-refractivity contribution in [1.29, 1.82) is 0 Å². The molecule has 2 aromatic heterocycles. The normalized spacial score (nSPS) is 14.0. The number of aromatic amines is 1. The predicted octanol–water partition coefficient (Wildman–Crippen LogP) is 3.02. The molecule has 3 aromatic rings. The van der Waals surface area contributed by atoms with Crippen LogP contribution < -0.4 is 5.32 Å². The van der Waals surface area contributed by atoms with Gasteiger partial charge >= 0.3 is 0 Å². The number of nitrogens with zero attached hydrogens (tertiary/aromatic N) is 1. The van der Waals surface area contributed by atoms with Crippen molar-refractivity contribution in [3.05, 3.63) is 46.3 Å². The van der Waals surface area contributed by atoms with Crippen molar-refractivity contribution in [2.45, 2.75) is 19.4 Å². The fraction of sp³-hybridized carbons (Fsp3) is 0.250. The van der Waals surface area contributed by atoms with Gasteiger partial charge in [0.2, 0.25) is 5.91 Å². The molecule has 7 heteroatoms. The number of carbonyl (C=O) groups excluding carboxylic acids is 1. The van der Waals surface area contributed by atoms with Gasteiger partial charge in [-0.3, -0.25) is 4.79 Å². The van der Waals surface area contributed by atoms with E-state index < -0.39 is 0 Å². The summed E-state index contributed by atoms with van der Waals surface area (Å²) in [5.74, 6) is -0.437. The summed E-state index contributed by atoms with van der Waals surface area (Å²) >= 11 is 1.46. The van der Waals surface area contributed by atoms with Crippen LogP contribution >= 0.6 is 11.3 Å². The van der Waals surface area contributed by atoms with Crippen molar-refractivity contribution in [3.63, 3.8) is 0 Å². The minimum Gasteiger partial charge on any atom is -0.375 e. The number of ether oxygens (including phenoxy) is 1. The number of carbonyl (C=O) groups is 1. The van der Waals surface area contributed by atoms with Gasteiger partial charge in [0.05, 0.1) is 30.2 Å². The molecule has 1 aromatic carbocycles. The molecule has 4 rings (SSSR count). The Balaban J connectivity index is 1.50. The van der Waals surface area contributed by atoms with E-state index in [4.69, 9.17) is 4.74 Å². The van der Waals surface area contributed by atoms with Crippen LogP contribution in [0.5, 0.6) is 0 Å². The molecule has 118 valence electrons. The molecule has 0 unspecified atom stereocenters. The van der Waals surface area contributed by atoms with Gasteiger partial charge in [-0.1, -0.05) is 11.3 Å². The molecular weight excluding hydrogens is 317 g/mol. The van der Waals surface area contributed by atoms with Crippen molar-refractivity contribution in [2.75, 3.05) is 11.9 Å². The number of benzene rings is 1. The first-order valence-electron chi connectivity index (χ1n) is 7.31. The highest BCUT2D eigenvalue weighted by molar-refractivity contribution is 7.15. The fourth-order valence-corrected chi connectivity index (χ4v) is 3.68. The van der Waals surface area contributed by atoms with E-state index in [0.29, 0.717) is 23.9 Å². The minimum absolute atomic E-state index is 0.137. The number of aromatic nitrogens is 2. The van der Waals surface area contributed by atoms with Gasteiger partial charge in [-0.2, -0.15) is 0 Å². The number of nitrogens with one attached hydrogen (secondary N) is 2. The summed E-state index contributed by atoms with van der Waals surface area (Å²) < 4.78 is 18.6. The Bertz CT molecular complexity index is 863. The molecule has 2 N–H and O–H groups in total. The Labute approximate surface area is 135 Å². The summed E-state index contributed by atoms with van der Waals surface area (Å²) in [5, 5.41) is 4.30. The summed E-state index contributed by atoms with van der Waals surface area (Å²) in [5.41, 5.74) is 2.54. The van der Waals surface area contributed by atoms with Crippen molar-refractivity contribution in [1.82, 2.24) is 9.97 Å². The van der Waals surface area contributed by atoms with E-state index in [0.717, 1.165) is 27.9 Å². The number of hydrogen-bond donors (Lipinski definition) is 2. The fourth-order valence-electron chi connectivity index (χ4n) is 2.72. The smallest absolute Gasteiger partial charge is 0.230 e. The van der Waals surface area contributed by atoms with Gasteiger partial charge in [0.25, 0.3) is 0 Å². The third kappa shape index (κ3) is 2.85. The van der Waals surface area contributed by atoms with Crippen LogP contribution in [0.3, 0.4) is 0 Å². The lowest BCUT2D eigenvalue weighted by molar-refractivity contribution is -0.115. The van der Waals surface area contributed by atoms with E-state index in [1.807, 2.05) is 0 Å². The van der Waals surface area contributed by atoms with Gasteiger partial charge in [-0.15, -0.1) is 0 Å². The number of rotatable bonds is 3. The first kappa shape index (κ1) is 14.3. The number of H-pyrrole nitrogens is 1. The molecule has 1 amide bonds. The molecule has 3 heterocycles. The van der Waals surface area contributed by atoms with Crippen LogP contribution in [0, 0.1) is 5.82 Å². The molecule has 0 aliphatic carbocycles. The summed E-state index contributed by atoms with van der Waals surface area (Å²) in [6.45, 7) is 1.24. The Hall–Kier alpha value is -2.25. The maximum Gasteiger partial charge on any atom is 0.230 e. The van der Waals surface area contributed by atoms with Crippen LogP contribution in [0.15, 0.2) is 24.4 Å². The van der Waals surface area contributed by atoms with Crippen LogP contribution in [0.4, 0.5) is 9.52 Å². The molecule has 5 nitrogen and oxygen atoms in total. The first-order valence-corrected chi connectivity index (χ1v) is 8.12. The molecule has 0 atom stereocenters. The molecule has 0 bridgehead atoms. The molecule has 1 aliphatic heterocycles. The zero-order valence-corrected chi connectivity index (χ0v) is 13.0. The monoisotopic (exact) mass is 331 g/mol. The van der Waals surface area contributed by atoms with Crippen molar-refractivity contribution in [3.8, 4) is 0 Å². The number of thiazole rings is 1. The van der Waals surface area contributed by atoms with E-state index >= 15 is 0 Å². The Morgan fingerprint density at radius 2 is 2.39 bits per heavy atom. The van der Waals surface area contributed by atoms with Crippen LogP contribution in [0.25, 0.3) is 10.9 Å². The number of amides is 1. The van der Waals surface area contributed by atoms with Crippen LogP contribution in [-0.2, 0) is 29.0 Å². The quantitative estimate of drug-likeness (QED) is 0.775. The summed E-state index contributed by atoms with van der Waals surface area (Å²) in [6, 6.07) is 4.50. The summed E-state index contributed by atoms with van der Waals surface area (Å²) in [7, 11) is 0. The van der Waals surface area contributed by atoms with Crippen molar-refractivity contribution >= 4 is 33.3 Å². The second-order valence-corrected chi connectivity index (χ2v) is 6.50. The highest BCUT2D eigenvalue weighted by atomic mass is 32.1. The molecule has 1 aliphatic rings. The van der Waals surface area contributed by atoms with E-state index in [9.17, 15) is 9.18 Å². The number of halogens is 1. The highest BCUT2D eigenvalue weighted by Crippen LogP contribution is 2.27. The molecule has 0 fully saturated rings. The second-order valence-electron chi connectivity index (χ2n) is 5.42. The largest absolute Gasteiger partial charge is 0.375 e. The van der Waals surface area contributed by atoms with Gasteiger partial charge in [0.1, 0.15) is 5.82 Å². The zero-order valence-electron chi connectivity index (χ0n) is 12.2. The highest BCUT2D eigenvalue weighted by Gasteiger charge is 2.17. The average molecular weight is 331 g/mol. The van der Waals surface area contributed by atoms with E-state index in [1.165, 1.54) is 23.5 Å². The van der Waals surface area contributed by atoms with Crippen molar-refractivity contribution < 1.29 is 13.9 Å². The lowest BCUT2D eigenvalue weighted by atomic mass is 10.1. The second kappa shape index (κ2) is 5.75. The molecule has 0 saturated heterocycles. The summed E-state index contributed by atoms with van der Waals surface area (Å²) in [4.78, 5) is 20.7. The number of hydrogen-bond acceptors (Lipinski definition) is 4. The Morgan fingerprint density at radius 1 is 1.48 bits per heavy atom. The number of fused-ring (bicyclic) bond motifs is 2. The lowest BCUT2D eigenvalue weighted by Gasteiger charge is -2.08. The van der Waals surface area contributed by atoms with Gasteiger partial charge in [0.15, 0.2) is 5.13 Å². The minimum atomic E-state index is -0.300. The average Bonchev–Trinajstić information content (AvgIpc) is 3.10. The van der Waals surface area contributed by atoms with Gasteiger partial charge in [0, 0.05) is 23.5 Å². The van der Waals surface area contributed by atoms with Gasteiger partial charge in [-0.05, 0) is 23.8 Å². The lowest BCUT2D eigenvalue weighted by Crippen LogP contribution is -2.14. The SMILES string of the molecule is O=C(Cc1c[nH]c2cc(F)ccc12)Nc1nc2c(s1)COCC2. The first-order chi connectivity index (χ1) is 11.2. The van der Waals surface area contributed by atoms with Crippen LogP contribution in [0.2, 0.25) is 0 Å². The predicted molar refractivity (Wildman–Crippen MR) is 86.1 cm³/mol. The standard InChI is InChI=1S/C16H14FN3O2S/c17-10-1-2-11-9(7-18-13(11)6-10)5-15(21)20-16-19-12-3-4-22-8-14(12)23-16/h1-2,6-7,18H,3-5,8H2,(H,19,20,21). The maximum absolute atomic E-state index is 13.2. The topological polar surface area (TPSA) is 67.0 Å². The van der Waals surface area contributed by atoms with Crippen LogP contribution in [0.1, 0.15) is 16.1 Å². The van der Waals surface area contributed by atoms with E-state index in [2.05, 4.69) is 15.3 Å². The van der Waals surface area contributed by atoms with Crippen LogP contribution in [-0.4, -0.2) is 22.5 Å². The number of anilines is 1. The zero-order chi connectivity index (χ0) is 15.8. The third-order valence-electron chi connectivity index (χ3n) is 3.82. The van der Waals surface area contributed by atoms with Gasteiger partial charge in [-0.25, -0.2) is 9.37 Å². The molecule has 23 heavy (non-hydrogen) atoms. The Kier molecular flexibility index (Phi) is 3.59. The van der Waals surface area contributed by atoms with E-state index in [-0.39, 0.29) is 18.1 Å². The van der Waals surface area contributed by atoms with Gasteiger partial charge < -0.3 is 15.0 Å². The molecule has 0 radical (unpaired) electrons. The third-order valence-corrected chi connectivity index (χ3v) is 4.81. The van der Waals surface area contributed by atoms with Crippen molar-refractivity contribution in [2.24, 2.45) is 0 Å². The molecule has 0 saturated carbocycles. The molecular formula is C16H14FN3O2S. The Morgan fingerprint density at radius 3 is 3.26 bits per heavy atom. The molecule has 0 spiro atoms. The summed E-state index contributed by atoms with van der Waals surface area (Å²) in [6.07, 6.45) is 2.74.